The average Bonchev–Trinajstić information content (AvgIpc) is 1.60. The molecule has 0 atom stereocenters. The summed E-state index contributed by atoms with van der Waals surface area (Å²) >= 11 is 0. The molecule has 8 bridgehead atoms. The van der Waals surface area contributed by atoms with Crippen LogP contribution in [0.4, 0.5) is 23.3 Å². The molecule has 578 valence electrons. The zero-order valence-corrected chi connectivity index (χ0v) is 64.5. The number of hydrogen-bond donors (Lipinski definition) is 4. The van der Waals surface area contributed by atoms with Crippen molar-refractivity contribution in [2.45, 2.75) is 206 Å². The van der Waals surface area contributed by atoms with Crippen molar-refractivity contribution in [2.75, 3.05) is 140 Å². The summed E-state index contributed by atoms with van der Waals surface area (Å²) in [5, 5.41) is 7.06. The molecule has 0 unspecified atom stereocenters. The van der Waals surface area contributed by atoms with Crippen LogP contribution in [0.25, 0.3) is 43.1 Å². The van der Waals surface area contributed by atoms with Gasteiger partial charge in [0, 0.05) is 64.4 Å². The number of hydrogen-bond acceptors (Lipinski definition) is 16. The summed E-state index contributed by atoms with van der Waals surface area (Å²) in [7, 11) is 4.99. The van der Waals surface area contributed by atoms with Crippen LogP contribution in [-0.4, -0.2) is 160 Å². The Bertz CT molecular complexity index is 3990. The Labute approximate surface area is 623 Å². The van der Waals surface area contributed by atoms with E-state index in [9.17, 15) is 0 Å². The van der Waals surface area contributed by atoms with Crippen LogP contribution in [0.3, 0.4) is 0 Å². The predicted molar refractivity (Wildman–Crippen MR) is 422 cm³/mol. The molecule has 1 aliphatic heterocycles. The van der Waals surface area contributed by atoms with Crippen LogP contribution < -0.4 is 36.2 Å². The van der Waals surface area contributed by atoms with Gasteiger partial charge in [-0.15, -0.1) is 0 Å². The maximum atomic E-state index is 6.42. The van der Waals surface area contributed by atoms with Gasteiger partial charge in [-0.3, -0.25) is 0 Å². The van der Waals surface area contributed by atoms with Crippen molar-refractivity contribution in [3.8, 4) is 17.2 Å². The molecule has 8 aromatic rings. The van der Waals surface area contributed by atoms with Crippen molar-refractivity contribution in [2.24, 2.45) is 20.0 Å². The first kappa shape index (κ1) is 82.3. The number of fused-ring (bicyclic) bond motifs is 20. The Morgan fingerprint density at radius 2 is 0.486 bits per heavy atom. The lowest BCUT2D eigenvalue weighted by molar-refractivity contribution is 0.0180. The second kappa shape index (κ2) is 49.3. The molecule has 0 radical (unpaired) electrons. The summed E-state index contributed by atoms with van der Waals surface area (Å²) in [6, 6.07) is 23.0. The topological polar surface area (TPSA) is 223 Å². The van der Waals surface area contributed by atoms with Gasteiger partial charge in [0.05, 0.1) is 99.1 Å². The van der Waals surface area contributed by atoms with E-state index in [1.54, 1.807) is 21.3 Å². The van der Waals surface area contributed by atoms with Crippen LogP contribution in [0.5, 0.6) is 17.2 Å². The van der Waals surface area contributed by atoms with Crippen molar-refractivity contribution in [1.29, 1.82) is 0 Å². The number of ether oxygens (including phenoxy) is 12. The quantitative estimate of drug-likeness (QED) is 0.0261. The number of aromatic amines is 4. The van der Waals surface area contributed by atoms with E-state index in [-0.39, 0.29) is 0 Å². The highest BCUT2D eigenvalue weighted by molar-refractivity contribution is 6.02. The van der Waals surface area contributed by atoms with Gasteiger partial charge in [0.2, 0.25) is 0 Å². The summed E-state index contributed by atoms with van der Waals surface area (Å²) in [6.45, 7) is 12.8. The second-order valence-corrected chi connectivity index (χ2v) is 27.9. The Morgan fingerprint density at radius 3 is 0.800 bits per heavy atom. The predicted octanol–water partition coefficient (Wildman–Crippen LogP) is 18.0. The number of nitrogens with one attached hydrogen (secondary N) is 4. The Morgan fingerprint density at radius 1 is 0.238 bits per heavy atom. The first-order valence-electron chi connectivity index (χ1n) is 40.3. The zero-order valence-electron chi connectivity index (χ0n) is 64.5. The van der Waals surface area contributed by atoms with Gasteiger partial charge in [-0.25, -0.2) is 20.0 Å². The summed E-state index contributed by atoms with van der Waals surface area (Å²) in [4.78, 5) is 37.1. The number of aryl methyl sites for hydroxylation is 2. The molecule has 105 heavy (non-hydrogen) atoms. The van der Waals surface area contributed by atoms with Crippen LogP contribution >= 0.6 is 0 Å². The lowest BCUT2D eigenvalue weighted by Gasteiger charge is -2.12. The minimum atomic E-state index is 0.334. The van der Waals surface area contributed by atoms with Gasteiger partial charge in [0.15, 0.2) is 0 Å². The molecule has 0 saturated heterocycles. The standard InChI is InChI=1S/C85H126N8O12/c1-6-8-10-12-14-16-18-20-22-24-26-28-30-32-34-65-60-73-74(61-66(65)35-33-31-29-27-25-23-21-19-17-15-13-11-9-7-2)82-92-81(73)86-78-70-39-36-67(103-57-54-100-51-48-97-45-42-94-3)62-75(70)83(87-78)88-79-71-40-37-68(104-58-55-101-52-49-98-46-43-95-4)63-76(71)84(89-79)90-80-72-41-38-69(64-77(72)85(91-80)93-82)105-59-56-102-53-50-99-47-44-96-5/h36-41,60-64H,6-35,42-59H2,1-5H3,(H4,86,87,88,89,90,91,92,93). The molecule has 0 saturated carbocycles. The van der Waals surface area contributed by atoms with Gasteiger partial charge in [0.25, 0.3) is 0 Å². The lowest BCUT2D eigenvalue weighted by Crippen LogP contribution is -2.12. The molecule has 9 rings (SSSR count). The summed E-state index contributed by atoms with van der Waals surface area (Å²) < 4.78 is 69.0. The molecule has 5 heterocycles. The van der Waals surface area contributed by atoms with E-state index >= 15 is 0 Å². The molecule has 4 aromatic heterocycles. The smallest absolute Gasteiger partial charge is 0.142 e. The van der Waals surface area contributed by atoms with E-state index in [0.29, 0.717) is 181 Å². The van der Waals surface area contributed by atoms with Crippen molar-refractivity contribution in [1.82, 2.24) is 19.9 Å². The number of rotatable bonds is 60. The number of benzene rings is 4. The van der Waals surface area contributed by atoms with Crippen LogP contribution in [0.1, 0.15) is 205 Å². The van der Waals surface area contributed by atoms with Crippen molar-refractivity contribution >= 4 is 66.4 Å². The number of methoxy groups -OCH3 is 3. The molecule has 1 aliphatic rings. The van der Waals surface area contributed by atoms with E-state index in [1.807, 2.05) is 48.5 Å². The minimum Gasteiger partial charge on any atom is -0.491 e. The third kappa shape index (κ3) is 28.1. The highest BCUT2D eigenvalue weighted by atomic mass is 16.6. The number of nitrogens with zero attached hydrogens (tertiary/aromatic N) is 4. The van der Waals surface area contributed by atoms with E-state index in [0.717, 1.165) is 68.8 Å². The molecule has 20 heteroatoms. The molecule has 0 spiro atoms. The summed E-state index contributed by atoms with van der Waals surface area (Å²) in [5.74, 6) is 4.57. The van der Waals surface area contributed by atoms with Crippen LogP contribution in [-0.2, 0) is 55.5 Å². The highest BCUT2D eigenvalue weighted by Crippen LogP contribution is 2.39. The van der Waals surface area contributed by atoms with E-state index in [2.05, 4.69) is 52.0 Å². The van der Waals surface area contributed by atoms with Crippen molar-refractivity contribution < 1.29 is 56.8 Å². The van der Waals surface area contributed by atoms with Gasteiger partial charge >= 0.3 is 0 Å². The van der Waals surface area contributed by atoms with E-state index in [4.69, 9.17) is 76.8 Å². The number of H-pyrrole nitrogens is 4. The van der Waals surface area contributed by atoms with Gasteiger partial charge in [0.1, 0.15) is 82.3 Å². The van der Waals surface area contributed by atoms with Crippen LogP contribution in [0.15, 0.2) is 86.7 Å². The maximum absolute atomic E-state index is 6.42. The molecular weight excluding hydrogens is 1320 g/mol. The molecule has 4 N–H and O–H groups in total. The molecule has 0 aliphatic carbocycles. The SMILES string of the molecule is CCCCCCCCCCCCCCCCc1cc2c3[nH]c(c2cc1CCCCCCCCCCCCCCCC)N=c1[nH]c(c2ccc(OCCOCCOCCOC)cc12)=Nc1[nH]c(c2ccc(OCCOCCOCCOC)cc12)N=c1[nH]c(c2ccc(OCCOCCOCCOC)cc12)=N3. The molecule has 20 nitrogen and oxygen atoms in total. The van der Waals surface area contributed by atoms with Gasteiger partial charge in [-0.2, -0.15) is 0 Å². The number of unbranched alkanes of at least 4 members (excludes halogenated alkanes) is 26. The summed E-state index contributed by atoms with van der Waals surface area (Å²) in [6.07, 6.45) is 39.2. The van der Waals surface area contributed by atoms with Crippen molar-refractivity contribution in [3.05, 3.63) is 99.8 Å². The normalized spacial score (nSPS) is 12.2. The van der Waals surface area contributed by atoms with Crippen LogP contribution in [0.2, 0.25) is 0 Å². The maximum Gasteiger partial charge on any atom is 0.142 e. The minimum absolute atomic E-state index is 0.334. The van der Waals surface area contributed by atoms with Gasteiger partial charge in [-0.1, -0.05) is 181 Å². The monoisotopic (exact) mass is 1450 g/mol. The average molecular weight is 1450 g/mol. The largest absolute Gasteiger partial charge is 0.491 e. The zero-order chi connectivity index (χ0) is 73.0. The van der Waals surface area contributed by atoms with E-state index in [1.165, 1.54) is 178 Å². The van der Waals surface area contributed by atoms with Gasteiger partial charge in [-0.05, 0) is 104 Å². The summed E-state index contributed by atoms with van der Waals surface area (Å²) in [5.41, 5.74) is 5.25. The molecule has 4 aromatic carbocycles. The van der Waals surface area contributed by atoms with Crippen LogP contribution in [0, 0.1) is 0 Å². The lowest BCUT2D eigenvalue weighted by atomic mass is 9.94. The second-order valence-electron chi connectivity index (χ2n) is 27.9. The fourth-order valence-corrected chi connectivity index (χ4v) is 13.8. The first-order chi connectivity index (χ1) is 52.0. The highest BCUT2D eigenvalue weighted by Gasteiger charge is 2.20. The fourth-order valence-electron chi connectivity index (χ4n) is 13.8. The third-order valence-corrected chi connectivity index (χ3v) is 19.7. The Kier molecular flexibility index (Phi) is 38.6. The molecule has 0 amide bonds. The molecule has 0 fully saturated rings. The van der Waals surface area contributed by atoms with Gasteiger partial charge < -0.3 is 76.8 Å². The first-order valence-corrected chi connectivity index (χ1v) is 40.3. The molecular formula is C85H126N8O12. The Balaban J connectivity index is 1.08. The van der Waals surface area contributed by atoms with E-state index < -0.39 is 0 Å². The number of aromatic nitrogens is 4. The van der Waals surface area contributed by atoms with Crippen molar-refractivity contribution in [3.63, 3.8) is 0 Å². The third-order valence-electron chi connectivity index (χ3n) is 19.7. The Hall–Kier alpha value is -6.72. The fraction of sp³-hybridized carbons (Fsp3) is 0.624.